The molecular formula is C100H138N32O2. The van der Waals surface area contributed by atoms with Gasteiger partial charge in [-0.15, -0.1) is 0 Å². The van der Waals surface area contributed by atoms with Gasteiger partial charge in [-0.2, -0.15) is 73.6 Å². The molecule has 7 N–H and O–H groups in total. The summed E-state index contributed by atoms with van der Waals surface area (Å²) in [6.07, 6.45) is 63.1. The summed E-state index contributed by atoms with van der Waals surface area (Å²) in [7, 11) is 9.66. The summed E-state index contributed by atoms with van der Waals surface area (Å²) >= 11 is 0. The Labute approximate surface area is 785 Å². The van der Waals surface area contributed by atoms with Crippen LogP contribution < -0.4 is 31.9 Å². The third kappa shape index (κ3) is 22.1. The molecule has 0 bridgehead atoms. The van der Waals surface area contributed by atoms with Crippen LogP contribution in [0.5, 0.6) is 0 Å². The molecule has 0 atom stereocenters. The molecule has 7 fully saturated rings. The van der Waals surface area contributed by atoms with Crippen LogP contribution in [0.3, 0.4) is 0 Å². The highest BCUT2D eigenvalue weighted by molar-refractivity contribution is 5.82. The van der Waals surface area contributed by atoms with E-state index in [4.69, 9.17) is 34.8 Å². The van der Waals surface area contributed by atoms with E-state index in [-0.39, 0.29) is 12.1 Å². The number of morpholine rings is 1. The number of aliphatic hydroxyl groups is 1. The van der Waals surface area contributed by atoms with Crippen molar-refractivity contribution < 1.29 is 9.84 Å². The van der Waals surface area contributed by atoms with Crippen molar-refractivity contribution in [2.75, 3.05) is 92.2 Å². The first kappa shape index (κ1) is 92.4. The monoisotopic (exact) mass is 1820 g/mol. The van der Waals surface area contributed by atoms with Gasteiger partial charge in [-0.25, -0.2) is 24.9 Å². The van der Waals surface area contributed by atoms with Crippen LogP contribution in [-0.4, -0.2) is 215 Å². The number of fused-ring (bicyclic) bond motifs is 5. The highest BCUT2D eigenvalue weighted by atomic mass is 16.5. The van der Waals surface area contributed by atoms with E-state index < -0.39 is 0 Å². The first-order valence-electron chi connectivity index (χ1n) is 49.6. The number of piperidine rings is 1. The number of hydrogen-bond acceptors (Lipinski definition) is 24. The van der Waals surface area contributed by atoms with Gasteiger partial charge in [0.25, 0.3) is 0 Å². The van der Waals surface area contributed by atoms with E-state index >= 15 is 0 Å². The highest BCUT2D eigenvalue weighted by Crippen LogP contribution is 2.42. The molecule has 5 saturated carbocycles. The number of ether oxygens (including phenoxy) is 1. The molecule has 15 aromatic rings. The minimum Gasteiger partial charge on any atom is -0.395 e. The Kier molecular flexibility index (Phi) is 29.5. The van der Waals surface area contributed by atoms with Crippen molar-refractivity contribution in [2.45, 2.75) is 255 Å². The lowest BCUT2D eigenvalue weighted by atomic mass is 9.87. The van der Waals surface area contributed by atoms with Gasteiger partial charge in [0, 0.05) is 261 Å². The Balaban J connectivity index is 0.000000112. The molecule has 0 spiro atoms. The van der Waals surface area contributed by atoms with E-state index in [1.54, 1.807) is 4.68 Å². The zero-order valence-electron chi connectivity index (χ0n) is 80.2. The number of anilines is 5. The Hall–Kier alpha value is -12.0. The van der Waals surface area contributed by atoms with Gasteiger partial charge in [0.05, 0.1) is 81.8 Å². The molecule has 17 heterocycles. The number of nitrogens with zero attached hydrogens (tertiary/aromatic N) is 26. The molecule has 134 heavy (non-hydrogen) atoms. The summed E-state index contributed by atoms with van der Waals surface area (Å²) in [4.78, 5) is 27.7. The van der Waals surface area contributed by atoms with Gasteiger partial charge < -0.3 is 41.7 Å². The van der Waals surface area contributed by atoms with Crippen molar-refractivity contribution in [3.05, 3.63) is 152 Å². The van der Waals surface area contributed by atoms with Crippen LogP contribution >= 0.6 is 0 Å². The van der Waals surface area contributed by atoms with Crippen LogP contribution in [0.15, 0.2) is 123 Å². The lowest BCUT2D eigenvalue weighted by molar-refractivity contribution is 0.0398. The maximum atomic E-state index is 9.18. The molecular weight excluding hydrogens is 1680 g/mol. The number of nitrogens with one attached hydrogen (secondary N) is 6. The van der Waals surface area contributed by atoms with Crippen LogP contribution in [0.4, 0.5) is 29.1 Å². The fraction of sp³-hybridized carbons (Fsp3) is 0.550. The number of aliphatic hydroxyl groups excluding tert-OH is 1. The number of aryl methyl sites for hydroxylation is 5. The molecule has 710 valence electrons. The van der Waals surface area contributed by atoms with E-state index in [2.05, 4.69) is 148 Å². The van der Waals surface area contributed by atoms with Gasteiger partial charge in [-0.1, -0.05) is 96.3 Å². The average molecular weight is 1820 g/mol. The van der Waals surface area contributed by atoms with Gasteiger partial charge in [0.2, 0.25) is 0 Å². The Morgan fingerprint density at radius 1 is 0.366 bits per heavy atom. The van der Waals surface area contributed by atoms with Crippen LogP contribution in [0.25, 0.3) is 83.9 Å². The van der Waals surface area contributed by atoms with Gasteiger partial charge in [-0.3, -0.25) is 28.3 Å². The smallest absolute Gasteiger partial charge is 0.165 e. The Morgan fingerprint density at radius 3 is 0.963 bits per heavy atom. The molecule has 22 rings (SSSR count). The number of hydrogen-bond donors (Lipinski definition) is 7. The SMILES string of the molecule is CC(C)Nc1cc(C2CCCCC2)nc2c(-c3cnn(C)c3)cnn12.Cn1cc(-c2cnn3c(NC(C)(C)C)cc(C4CCCCC4)nc23)cn1.Cn1cc(-c2cnn3c(NC4CCNCC4)cc(C4CCCCC4)nc23)cn1.Cn1cc(-c2cnn3c(NCCN4CCOCC4)cc(C4CCCCC4)nc23)cn1.Cn1cc(-c2cnn3c(NCCO)cc(C4CCCCC4)nc23)cn1. The van der Waals surface area contributed by atoms with Crippen molar-refractivity contribution >= 4 is 57.3 Å². The molecule has 2 aliphatic heterocycles. The fourth-order valence-electron chi connectivity index (χ4n) is 20.5. The molecule has 15 aromatic heterocycles. The van der Waals surface area contributed by atoms with Gasteiger partial charge in [-0.05, 0) is 125 Å². The average Bonchev–Trinajstić information content (AvgIpc) is 1.58. The molecule has 34 nitrogen and oxygen atoms in total. The van der Waals surface area contributed by atoms with Crippen LogP contribution in [0.1, 0.15) is 266 Å². The maximum absolute atomic E-state index is 9.18. The molecule has 0 radical (unpaired) electrons. The predicted molar refractivity (Wildman–Crippen MR) is 528 cm³/mol. The van der Waals surface area contributed by atoms with Crippen molar-refractivity contribution in [2.24, 2.45) is 35.2 Å². The Bertz CT molecular complexity index is 6330. The maximum Gasteiger partial charge on any atom is 0.165 e. The van der Waals surface area contributed by atoms with E-state index in [1.807, 2.05) is 169 Å². The molecule has 5 aliphatic carbocycles. The minimum absolute atomic E-state index is 0.0431. The van der Waals surface area contributed by atoms with Crippen LogP contribution in [0.2, 0.25) is 0 Å². The first-order chi connectivity index (χ1) is 65.3. The van der Waals surface area contributed by atoms with Gasteiger partial charge in [0.15, 0.2) is 28.2 Å². The predicted octanol–water partition coefficient (Wildman–Crippen LogP) is 17.2. The lowest BCUT2D eigenvalue weighted by Crippen LogP contribution is -2.39. The van der Waals surface area contributed by atoms with Crippen molar-refractivity contribution in [3.63, 3.8) is 0 Å². The standard InChI is InChI=1S/C22H31N7O.C21H29N7.C20H28N6.C19H26N6.C18H24N6O/c1-27-16-18(14-24-27)19-15-25-29-21(23-7-8-28-9-11-30-12-10-28)13-20(26-22(19)29)17-5-3-2-4-6-17;1-27-14-16(12-23-27)18-13-24-28-20(25-17-7-9-22-10-8-17)11-19(26-21(18)28)15-5-3-2-4-6-15;1-20(2,3)24-18-10-17(14-8-6-5-7-9-14)23-19-16(12-22-26(18)19)15-11-21-25(4)13-15;1-13(2)22-18-9-17(14-7-5-4-6-8-14)23-19-16(11-21-25(18)19)15-10-20-24(3)12-15;1-23-12-14(10-20-23)15-11-21-24-17(19-7-8-25)9-16(22-18(15)24)13-5-3-2-4-6-13/h13-17,23H,2-12H2,1H3;11-15,17,22,25H,2-10H2,1H3;10-14,24H,5-9H2,1-4H3;9-14,22H,4-8H2,1-3H3;9-13,19,25H,2-8H2,1H3. The van der Waals surface area contributed by atoms with Crippen molar-refractivity contribution in [3.8, 4) is 55.6 Å². The zero-order chi connectivity index (χ0) is 92.2. The third-order valence-corrected chi connectivity index (χ3v) is 27.5. The quantitative estimate of drug-likeness (QED) is 0.0331. The zero-order valence-corrected chi connectivity index (χ0v) is 80.2. The lowest BCUT2D eigenvalue weighted by Gasteiger charge is -2.27. The summed E-state index contributed by atoms with van der Waals surface area (Å²) in [6, 6.07) is 11.8. The topological polar surface area (TPSA) is 345 Å². The molecule has 0 aromatic carbocycles. The third-order valence-electron chi connectivity index (χ3n) is 27.5. The highest BCUT2D eigenvalue weighted by Gasteiger charge is 2.30. The first-order valence-corrected chi connectivity index (χ1v) is 49.6. The normalized spacial score (nSPS) is 17.3. The molecule has 2 saturated heterocycles. The minimum atomic E-state index is -0.0431. The van der Waals surface area contributed by atoms with Crippen LogP contribution in [-0.2, 0) is 40.0 Å². The Morgan fingerprint density at radius 2 is 0.657 bits per heavy atom. The largest absolute Gasteiger partial charge is 0.395 e. The second-order valence-electron chi connectivity index (χ2n) is 39.4. The van der Waals surface area contributed by atoms with E-state index in [9.17, 15) is 5.11 Å². The fourth-order valence-corrected chi connectivity index (χ4v) is 20.5. The molecule has 7 aliphatic rings. The summed E-state index contributed by atoms with van der Waals surface area (Å²) in [5.74, 6) is 7.74. The summed E-state index contributed by atoms with van der Waals surface area (Å²) in [6.45, 7) is 19.1. The van der Waals surface area contributed by atoms with E-state index in [0.29, 0.717) is 48.2 Å². The van der Waals surface area contributed by atoms with Crippen LogP contribution in [0, 0.1) is 0 Å². The van der Waals surface area contributed by atoms with E-state index in [0.717, 1.165) is 184 Å². The summed E-state index contributed by atoms with van der Waals surface area (Å²) in [5.41, 5.74) is 20.8. The van der Waals surface area contributed by atoms with Gasteiger partial charge in [0.1, 0.15) is 29.1 Å². The molecule has 34 heteroatoms. The summed E-state index contributed by atoms with van der Waals surface area (Å²) < 4.78 is 24.2. The van der Waals surface area contributed by atoms with Crippen molar-refractivity contribution in [1.82, 2.24) is 132 Å². The second kappa shape index (κ2) is 42.7. The van der Waals surface area contributed by atoms with Crippen molar-refractivity contribution in [1.29, 1.82) is 0 Å². The number of rotatable bonds is 22. The molecule has 0 amide bonds. The second-order valence-corrected chi connectivity index (χ2v) is 39.4. The molecule has 0 unspecified atom stereocenters. The van der Waals surface area contributed by atoms with Gasteiger partial charge >= 0.3 is 0 Å². The summed E-state index contributed by atoms with van der Waals surface area (Å²) in [5, 5.41) is 75.1. The number of aromatic nitrogens is 25. The van der Waals surface area contributed by atoms with E-state index in [1.165, 1.54) is 183 Å².